The van der Waals surface area contributed by atoms with Gasteiger partial charge in [0.05, 0.1) is 10.0 Å². The van der Waals surface area contributed by atoms with Crippen LogP contribution in [-0.2, 0) is 9.53 Å². The minimum absolute atomic E-state index is 0.0496. The van der Waals surface area contributed by atoms with Gasteiger partial charge in [0.25, 0.3) is 5.91 Å². The summed E-state index contributed by atoms with van der Waals surface area (Å²) in [5.74, 6) is -1.15. The third kappa shape index (κ3) is 4.00. The number of fused-ring (bicyclic) bond motifs is 1. The Morgan fingerprint density at radius 1 is 1.31 bits per heavy atom. The lowest BCUT2D eigenvalue weighted by Gasteiger charge is -2.07. The summed E-state index contributed by atoms with van der Waals surface area (Å²) in [7, 11) is 0. The van der Waals surface area contributed by atoms with Gasteiger partial charge in [0.1, 0.15) is 5.58 Å². The second-order valence-corrected chi connectivity index (χ2v) is 7.06. The molecular formula is C17H11BrCl2N2O4. The van der Waals surface area contributed by atoms with Crippen molar-refractivity contribution in [2.45, 2.75) is 6.92 Å². The number of hydrogen-bond donors (Lipinski definition) is 1. The van der Waals surface area contributed by atoms with Gasteiger partial charge in [-0.3, -0.25) is 4.79 Å². The first-order valence-electron chi connectivity index (χ1n) is 7.32. The fraction of sp³-hybridized carbons (Fsp3) is 0.118. The van der Waals surface area contributed by atoms with E-state index < -0.39 is 18.5 Å². The third-order valence-corrected chi connectivity index (χ3v) is 4.47. The van der Waals surface area contributed by atoms with E-state index in [-0.39, 0.29) is 16.6 Å². The Labute approximate surface area is 166 Å². The number of halogens is 3. The van der Waals surface area contributed by atoms with E-state index in [0.717, 1.165) is 9.86 Å². The van der Waals surface area contributed by atoms with Gasteiger partial charge in [0.15, 0.2) is 12.4 Å². The summed E-state index contributed by atoms with van der Waals surface area (Å²) >= 11 is 15.0. The van der Waals surface area contributed by atoms with Gasteiger partial charge < -0.3 is 14.5 Å². The minimum Gasteiger partial charge on any atom is -0.450 e. The van der Waals surface area contributed by atoms with Gasteiger partial charge in [-0.2, -0.15) is 0 Å². The van der Waals surface area contributed by atoms with E-state index in [1.807, 2.05) is 6.07 Å². The third-order valence-electron chi connectivity index (χ3n) is 3.48. The summed E-state index contributed by atoms with van der Waals surface area (Å²) in [6.45, 7) is 1.23. The molecule has 9 heteroatoms. The Morgan fingerprint density at radius 3 is 2.81 bits per heavy atom. The fourth-order valence-electron chi connectivity index (χ4n) is 2.26. The summed E-state index contributed by atoms with van der Waals surface area (Å²) in [5.41, 5.74) is 1.19. The number of aromatic nitrogens is 1. The summed E-state index contributed by atoms with van der Waals surface area (Å²) < 4.78 is 11.4. The minimum atomic E-state index is -0.736. The topological polar surface area (TPSA) is 81.4 Å². The van der Waals surface area contributed by atoms with E-state index in [9.17, 15) is 9.59 Å². The van der Waals surface area contributed by atoms with E-state index in [2.05, 4.69) is 26.2 Å². The number of ether oxygens (including phenoxy) is 1. The number of rotatable bonds is 4. The fourth-order valence-corrected chi connectivity index (χ4v) is 3.05. The average Bonchev–Trinajstić information content (AvgIpc) is 2.92. The number of esters is 1. The van der Waals surface area contributed by atoms with Gasteiger partial charge >= 0.3 is 5.97 Å². The molecule has 0 saturated carbocycles. The number of benzene rings is 1. The molecule has 0 bridgehead atoms. The summed E-state index contributed by atoms with van der Waals surface area (Å²) in [6, 6.07) is 6.82. The molecule has 3 rings (SSSR count). The van der Waals surface area contributed by atoms with Crippen molar-refractivity contribution in [1.82, 2.24) is 4.98 Å². The lowest BCUT2D eigenvalue weighted by molar-refractivity contribution is -0.119. The van der Waals surface area contributed by atoms with Crippen molar-refractivity contribution in [3.8, 4) is 0 Å². The van der Waals surface area contributed by atoms with Crippen LogP contribution in [0.4, 0.5) is 5.82 Å². The van der Waals surface area contributed by atoms with Crippen LogP contribution < -0.4 is 5.32 Å². The molecule has 0 aliphatic rings. The van der Waals surface area contributed by atoms with Crippen molar-refractivity contribution in [1.29, 1.82) is 0 Å². The number of furan rings is 1. The molecule has 1 N–H and O–H groups in total. The van der Waals surface area contributed by atoms with Crippen molar-refractivity contribution in [2.75, 3.05) is 11.9 Å². The Hall–Kier alpha value is -2.09. The Kier molecular flexibility index (Phi) is 5.50. The van der Waals surface area contributed by atoms with Crippen molar-refractivity contribution >= 4 is 67.8 Å². The number of carbonyl (C=O) groups excluding carboxylic acids is 2. The number of amides is 1. The molecule has 0 saturated heterocycles. The monoisotopic (exact) mass is 456 g/mol. The van der Waals surface area contributed by atoms with E-state index in [4.69, 9.17) is 32.4 Å². The number of pyridine rings is 1. The Bertz CT molecular complexity index is 1020. The van der Waals surface area contributed by atoms with E-state index >= 15 is 0 Å². The summed E-state index contributed by atoms with van der Waals surface area (Å²) in [6.07, 6.45) is 1.34. The van der Waals surface area contributed by atoms with E-state index in [1.54, 1.807) is 19.1 Å². The zero-order valence-corrected chi connectivity index (χ0v) is 16.4. The largest absolute Gasteiger partial charge is 0.450 e. The number of carbonyl (C=O) groups is 2. The molecule has 0 aliphatic carbocycles. The molecule has 2 aromatic heterocycles. The summed E-state index contributed by atoms with van der Waals surface area (Å²) in [5, 5.41) is 3.74. The van der Waals surface area contributed by atoms with Crippen LogP contribution in [0.5, 0.6) is 0 Å². The predicted octanol–water partition coefficient (Wildman–Crippen LogP) is 5.00. The average molecular weight is 458 g/mol. The molecule has 0 aliphatic heterocycles. The maximum absolute atomic E-state index is 12.2. The second kappa shape index (κ2) is 7.65. The second-order valence-electron chi connectivity index (χ2n) is 5.30. The number of anilines is 1. The lowest BCUT2D eigenvalue weighted by Crippen LogP contribution is -2.21. The van der Waals surface area contributed by atoms with Crippen molar-refractivity contribution in [3.05, 3.63) is 56.3 Å². The molecule has 0 radical (unpaired) electrons. The molecule has 6 nitrogen and oxygen atoms in total. The molecule has 2 heterocycles. The Balaban J connectivity index is 1.67. The molecule has 0 spiro atoms. The molecule has 1 aromatic carbocycles. The van der Waals surface area contributed by atoms with Crippen LogP contribution in [0.2, 0.25) is 10.0 Å². The zero-order valence-electron chi connectivity index (χ0n) is 13.3. The quantitative estimate of drug-likeness (QED) is 0.557. The first kappa shape index (κ1) is 18.7. The van der Waals surface area contributed by atoms with Crippen LogP contribution in [0.1, 0.15) is 16.1 Å². The number of nitrogens with zero attached hydrogens (tertiary/aromatic N) is 1. The van der Waals surface area contributed by atoms with Crippen LogP contribution in [0.3, 0.4) is 0 Å². The summed E-state index contributed by atoms with van der Waals surface area (Å²) in [4.78, 5) is 28.0. The maximum atomic E-state index is 12.2. The van der Waals surface area contributed by atoms with Crippen molar-refractivity contribution in [3.63, 3.8) is 0 Å². The van der Waals surface area contributed by atoms with Gasteiger partial charge in [0, 0.05) is 21.6 Å². The molecule has 0 fully saturated rings. The first-order chi connectivity index (χ1) is 12.3. The highest BCUT2D eigenvalue weighted by Gasteiger charge is 2.20. The van der Waals surface area contributed by atoms with Crippen LogP contribution >= 0.6 is 39.1 Å². The maximum Gasteiger partial charge on any atom is 0.375 e. The van der Waals surface area contributed by atoms with Crippen LogP contribution in [0.25, 0.3) is 11.0 Å². The molecule has 134 valence electrons. The van der Waals surface area contributed by atoms with Crippen LogP contribution in [-0.4, -0.2) is 23.5 Å². The number of hydrogen-bond acceptors (Lipinski definition) is 5. The SMILES string of the molecule is Cc1c(C(=O)OCC(=O)Nc2ncc(Cl)cc2Cl)oc2ccc(Br)cc12. The van der Waals surface area contributed by atoms with Crippen LogP contribution in [0, 0.1) is 6.92 Å². The molecule has 3 aromatic rings. The molecule has 0 atom stereocenters. The van der Waals surface area contributed by atoms with Gasteiger partial charge in [0.2, 0.25) is 5.76 Å². The highest BCUT2D eigenvalue weighted by molar-refractivity contribution is 9.10. The number of nitrogens with one attached hydrogen (secondary N) is 1. The normalized spacial score (nSPS) is 10.8. The van der Waals surface area contributed by atoms with E-state index in [0.29, 0.717) is 16.2 Å². The van der Waals surface area contributed by atoms with Gasteiger partial charge in [-0.15, -0.1) is 0 Å². The number of aryl methyl sites for hydroxylation is 1. The molecule has 26 heavy (non-hydrogen) atoms. The molecule has 1 amide bonds. The highest BCUT2D eigenvalue weighted by atomic mass is 79.9. The van der Waals surface area contributed by atoms with Crippen molar-refractivity contribution < 1.29 is 18.7 Å². The van der Waals surface area contributed by atoms with Crippen molar-refractivity contribution in [2.24, 2.45) is 0 Å². The highest BCUT2D eigenvalue weighted by Crippen LogP contribution is 2.28. The smallest absolute Gasteiger partial charge is 0.375 e. The van der Waals surface area contributed by atoms with E-state index in [1.165, 1.54) is 12.3 Å². The Morgan fingerprint density at radius 2 is 2.08 bits per heavy atom. The lowest BCUT2D eigenvalue weighted by atomic mass is 10.1. The first-order valence-corrected chi connectivity index (χ1v) is 8.86. The van der Waals surface area contributed by atoms with Crippen LogP contribution in [0.15, 0.2) is 39.4 Å². The van der Waals surface area contributed by atoms with Gasteiger partial charge in [-0.05, 0) is 31.2 Å². The predicted molar refractivity (Wildman–Crippen MR) is 102 cm³/mol. The zero-order chi connectivity index (χ0) is 18.8. The van der Waals surface area contributed by atoms with Gasteiger partial charge in [-0.25, -0.2) is 9.78 Å². The van der Waals surface area contributed by atoms with Gasteiger partial charge in [-0.1, -0.05) is 39.1 Å². The standard InChI is InChI=1S/C17H11BrCl2N2O4/c1-8-11-4-9(18)2-3-13(11)26-15(8)17(24)25-7-14(23)22-16-12(20)5-10(19)6-21-16/h2-6H,7H2,1H3,(H,21,22,23). The molecule has 0 unspecified atom stereocenters. The molecular weight excluding hydrogens is 447 g/mol.